The lowest BCUT2D eigenvalue weighted by Gasteiger charge is -2.27. The lowest BCUT2D eigenvalue weighted by molar-refractivity contribution is -0.127. The van der Waals surface area contributed by atoms with E-state index in [4.69, 9.17) is 16.3 Å². The zero-order valence-corrected chi connectivity index (χ0v) is 20.3. The van der Waals surface area contributed by atoms with E-state index in [0.29, 0.717) is 16.3 Å². The second-order valence-electron chi connectivity index (χ2n) is 8.49. The van der Waals surface area contributed by atoms with E-state index >= 15 is 0 Å². The van der Waals surface area contributed by atoms with Crippen molar-refractivity contribution in [3.63, 3.8) is 0 Å². The summed E-state index contributed by atoms with van der Waals surface area (Å²) in [7, 11) is 0. The number of fused-ring (bicyclic) bond motifs is 3. The number of halogens is 2. The van der Waals surface area contributed by atoms with Gasteiger partial charge >= 0.3 is 0 Å². The molecule has 3 aliphatic rings. The summed E-state index contributed by atoms with van der Waals surface area (Å²) in [5.74, 6) is -4.71. The molecule has 8 heteroatoms. The van der Waals surface area contributed by atoms with Crippen molar-refractivity contribution in [2.45, 2.75) is 11.7 Å². The molecule has 2 fully saturated rings. The van der Waals surface area contributed by atoms with Gasteiger partial charge in [0.15, 0.2) is 0 Å². The maximum absolute atomic E-state index is 13.9. The van der Waals surface area contributed by atoms with E-state index in [2.05, 4.69) is 22.6 Å². The van der Waals surface area contributed by atoms with Crippen molar-refractivity contribution in [3.05, 3.63) is 98.1 Å². The fourth-order valence-corrected chi connectivity index (χ4v) is 6.15. The van der Waals surface area contributed by atoms with Gasteiger partial charge in [0, 0.05) is 25.3 Å². The zero-order valence-electron chi connectivity index (χ0n) is 17.4. The minimum atomic E-state index is -2.11. The second-order valence-corrected chi connectivity index (χ2v) is 10.1. The van der Waals surface area contributed by atoms with E-state index in [1.807, 2.05) is 6.07 Å². The monoisotopic (exact) mass is 583 g/mol. The molecule has 2 heterocycles. The molecule has 0 bridgehead atoms. The van der Waals surface area contributed by atoms with E-state index < -0.39 is 46.9 Å². The van der Waals surface area contributed by atoms with Crippen molar-refractivity contribution < 1.29 is 23.9 Å². The molecule has 34 heavy (non-hydrogen) atoms. The molecular formula is C26H15ClINO5. The van der Waals surface area contributed by atoms with Crippen LogP contribution in [0.25, 0.3) is 0 Å². The summed E-state index contributed by atoms with van der Waals surface area (Å²) in [4.78, 5) is 56.2. The van der Waals surface area contributed by atoms with Crippen LogP contribution in [0.3, 0.4) is 0 Å². The molecule has 168 valence electrons. The first kappa shape index (κ1) is 21.6. The molecule has 0 N–H and O–H groups in total. The van der Waals surface area contributed by atoms with Gasteiger partial charge < -0.3 is 4.74 Å². The maximum atomic E-state index is 13.9. The molecular weight excluding hydrogens is 569 g/mol. The lowest BCUT2D eigenvalue weighted by Crippen LogP contribution is -2.51. The van der Waals surface area contributed by atoms with Crippen molar-refractivity contribution in [1.82, 2.24) is 0 Å². The number of anilines is 1. The topological polar surface area (TPSA) is 80.8 Å². The number of benzene rings is 3. The number of ether oxygens (including phenoxy) is 1. The van der Waals surface area contributed by atoms with Gasteiger partial charge in [-0.05, 0) is 46.9 Å². The van der Waals surface area contributed by atoms with Crippen LogP contribution in [0.4, 0.5) is 5.69 Å². The molecule has 2 saturated heterocycles. The van der Waals surface area contributed by atoms with E-state index in [1.165, 1.54) is 0 Å². The lowest BCUT2D eigenvalue weighted by atomic mass is 9.77. The molecule has 3 unspecified atom stereocenters. The summed E-state index contributed by atoms with van der Waals surface area (Å²) in [6.45, 7) is 0. The first-order chi connectivity index (χ1) is 16.4. The van der Waals surface area contributed by atoms with Gasteiger partial charge in [0.05, 0.1) is 23.6 Å². The SMILES string of the molecule is O=C1C2C(c3ccccc3Cl)OC3(C(=O)c4ccccc4C3=O)C2C(=O)N1c1cccc(I)c1. The predicted molar refractivity (Wildman–Crippen MR) is 132 cm³/mol. The zero-order chi connectivity index (χ0) is 23.8. The number of carbonyl (C=O) groups is 4. The molecule has 3 aromatic rings. The highest BCUT2D eigenvalue weighted by atomic mass is 127. The van der Waals surface area contributed by atoms with Gasteiger partial charge in [0.25, 0.3) is 0 Å². The van der Waals surface area contributed by atoms with Gasteiger partial charge in [-0.25, -0.2) is 4.90 Å². The number of hydrogen-bond acceptors (Lipinski definition) is 5. The summed E-state index contributed by atoms with van der Waals surface area (Å²) >= 11 is 8.55. The number of ketones is 2. The summed E-state index contributed by atoms with van der Waals surface area (Å²) in [6, 6.07) is 20.1. The second kappa shape index (κ2) is 7.56. The third-order valence-electron chi connectivity index (χ3n) is 6.80. The van der Waals surface area contributed by atoms with Gasteiger partial charge in [0.1, 0.15) is 0 Å². The van der Waals surface area contributed by atoms with E-state index in [0.717, 1.165) is 8.47 Å². The molecule has 3 atom stereocenters. The van der Waals surface area contributed by atoms with Crippen LogP contribution >= 0.6 is 34.2 Å². The number of rotatable bonds is 2. The van der Waals surface area contributed by atoms with Crippen LogP contribution in [0.5, 0.6) is 0 Å². The van der Waals surface area contributed by atoms with Crippen LogP contribution in [-0.2, 0) is 14.3 Å². The van der Waals surface area contributed by atoms with Gasteiger partial charge in [0.2, 0.25) is 29.0 Å². The quantitative estimate of drug-likeness (QED) is 0.250. The number of imide groups is 1. The van der Waals surface area contributed by atoms with Gasteiger partial charge in [-0.15, -0.1) is 0 Å². The normalized spacial score (nSPS) is 24.8. The van der Waals surface area contributed by atoms with E-state index in [1.54, 1.807) is 66.7 Å². The van der Waals surface area contributed by atoms with Gasteiger partial charge in [-0.2, -0.15) is 0 Å². The average Bonchev–Trinajstić information content (AvgIpc) is 3.39. The minimum Gasteiger partial charge on any atom is -0.349 e. The first-order valence-corrected chi connectivity index (χ1v) is 12.1. The Morgan fingerprint density at radius 1 is 0.824 bits per heavy atom. The highest BCUT2D eigenvalue weighted by Gasteiger charge is 2.74. The third kappa shape index (κ3) is 2.71. The molecule has 0 aromatic heterocycles. The molecule has 1 aliphatic carbocycles. The Balaban J connectivity index is 1.57. The van der Waals surface area contributed by atoms with Crippen molar-refractivity contribution in [1.29, 1.82) is 0 Å². The van der Waals surface area contributed by atoms with Crippen molar-refractivity contribution in [2.24, 2.45) is 11.8 Å². The number of amides is 2. The summed E-state index contributed by atoms with van der Waals surface area (Å²) < 4.78 is 7.08. The Morgan fingerprint density at radius 3 is 2.12 bits per heavy atom. The summed E-state index contributed by atoms with van der Waals surface area (Å²) in [5, 5.41) is 0.326. The number of hydrogen-bond donors (Lipinski definition) is 0. The Hall–Kier alpha value is -2.88. The first-order valence-electron chi connectivity index (χ1n) is 10.6. The van der Waals surface area contributed by atoms with E-state index in [-0.39, 0.29) is 11.1 Å². The van der Waals surface area contributed by atoms with Crippen LogP contribution < -0.4 is 4.90 Å². The molecule has 0 saturated carbocycles. The van der Waals surface area contributed by atoms with E-state index in [9.17, 15) is 19.2 Å². The minimum absolute atomic E-state index is 0.194. The van der Waals surface area contributed by atoms with Crippen LogP contribution in [-0.4, -0.2) is 29.0 Å². The molecule has 2 amide bonds. The molecule has 6 nitrogen and oxygen atoms in total. The Kier molecular flexibility index (Phi) is 4.81. The van der Waals surface area contributed by atoms with Gasteiger partial charge in [-0.1, -0.05) is 60.1 Å². The maximum Gasteiger partial charge on any atom is 0.241 e. The van der Waals surface area contributed by atoms with Crippen LogP contribution in [0.15, 0.2) is 72.8 Å². The third-order valence-corrected chi connectivity index (χ3v) is 7.81. The fourth-order valence-electron chi connectivity index (χ4n) is 5.38. The van der Waals surface area contributed by atoms with Crippen molar-refractivity contribution in [2.75, 3.05) is 4.90 Å². The van der Waals surface area contributed by atoms with Crippen LogP contribution in [0, 0.1) is 15.4 Å². The highest BCUT2D eigenvalue weighted by Crippen LogP contribution is 2.58. The van der Waals surface area contributed by atoms with Gasteiger partial charge in [-0.3, -0.25) is 19.2 Å². The Labute approximate surface area is 213 Å². The number of nitrogens with zero attached hydrogens (tertiary/aromatic N) is 1. The molecule has 1 spiro atoms. The number of carbonyl (C=O) groups excluding carboxylic acids is 4. The van der Waals surface area contributed by atoms with Crippen molar-refractivity contribution >= 4 is 63.3 Å². The van der Waals surface area contributed by atoms with Crippen molar-refractivity contribution in [3.8, 4) is 0 Å². The molecule has 6 rings (SSSR count). The largest absolute Gasteiger partial charge is 0.349 e. The highest BCUT2D eigenvalue weighted by molar-refractivity contribution is 14.1. The number of Topliss-reactive ketones (excluding diaryl/α,β-unsaturated/α-hetero) is 2. The summed E-state index contributed by atoms with van der Waals surface area (Å²) in [6.07, 6.45) is -1.04. The molecule has 0 radical (unpaired) electrons. The predicted octanol–water partition coefficient (Wildman–Crippen LogP) is 4.64. The van der Waals surface area contributed by atoms with Crippen LogP contribution in [0.2, 0.25) is 5.02 Å². The smallest absolute Gasteiger partial charge is 0.241 e. The molecule has 2 aliphatic heterocycles. The summed E-state index contributed by atoms with van der Waals surface area (Å²) in [5.41, 5.74) is -0.877. The standard InChI is InChI=1S/C26H15ClINO5/c27-18-11-4-3-10-17(18)21-19-20(25(33)29(24(19)32)14-7-5-6-13(28)12-14)26(34-21)22(30)15-8-1-2-9-16(15)23(26)31/h1-12,19-21H. The van der Waals surface area contributed by atoms with Crippen LogP contribution in [0.1, 0.15) is 32.4 Å². The Morgan fingerprint density at radius 2 is 1.47 bits per heavy atom. The average molecular weight is 584 g/mol. The fraction of sp³-hybridized carbons (Fsp3) is 0.154. The Bertz CT molecular complexity index is 1400. The molecule has 3 aromatic carbocycles.